The molecule has 0 saturated heterocycles. The van der Waals surface area contributed by atoms with E-state index < -0.39 is 5.60 Å². The first kappa shape index (κ1) is 16.4. The maximum atomic E-state index is 13.3. The van der Waals surface area contributed by atoms with Crippen LogP contribution in [0.5, 0.6) is 0 Å². The van der Waals surface area contributed by atoms with Gasteiger partial charge in [-0.15, -0.1) is 0 Å². The Bertz CT molecular complexity index is 441. The molecule has 0 spiro atoms. The molecule has 2 rings (SSSR count). The third-order valence-electron chi connectivity index (χ3n) is 4.95. The molecule has 0 aliphatic heterocycles. The van der Waals surface area contributed by atoms with E-state index in [0.29, 0.717) is 6.54 Å². The summed E-state index contributed by atoms with van der Waals surface area (Å²) < 4.78 is 13.3. The topological polar surface area (TPSA) is 32.3 Å². The molecular formula is C18H28FNO. The van der Waals surface area contributed by atoms with Crippen LogP contribution in [0.25, 0.3) is 0 Å². The Balaban J connectivity index is 1.91. The fourth-order valence-corrected chi connectivity index (χ4v) is 3.33. The van der Waals surface area contributed by atoms with Crippen molar-refractivity contribution in [2.75, 3.05) is 6.54 Å². The summed E-state index contributed by atoms with van der Waals surface area (Å²) in [5.41, 5.74) is 0.371. The fraction of sp³-hybridized carbons (Fsp3) is 0.667. The SMILES string of the molecule is CCC1CCC(O)(CNC(CC)c2cccc(F)c2)CC1. The Kier molecular flexibility index (Phi) is 5.77. The van der Waals surface area contributed by atoms with Crippen LogP contribution < -0.4 is 5.32 Å². The smallest absolute Gasteiger partial charge is 0.123 e. The van der Waals surface area contributed by atoms with E-state index in [1.807, 2.05) is 6.07 Å². The summed E-state index contributed by atoms with van der Waals surface area (Å²) in [5.74, 6) is 0.574. The highest BCUT2D eigenvalue weighted by Crippen LogP contribution is 2.33. The molecule has 2 N–H and O–H groups in total. The van der Waals surface area contributed by atoms with E-state index >= 15 is 0 Å². The van der Waals surface area contributed by atoms with E-state index in [9.17, 15) is 9.50 Å². The second kappa shape index (κ2) is 7.37. The average Bonchev–Trinajstić information content (AvgIpc) is 2.49. The van der Waals surface area contributed by atoms with Crippen LogP contribution >= 0.6 is 0 Å². The molecule has 118 valence electrons. The van der Waals surface area contributed by atoms with Gasteiger partial charge in [-0.05, 0) is 55.7 Å². The lowest BCUT2D eigenvalue weighted by Gasteiger charge is -2.37. The van der Waals surface area contributed by atoms with Crippen LogP contribution in [0.1, 0.15) is 64.0 Å². The van der Waals surface area contributed by atoms with Crippen LogP contribution in [0.3, 0.4) is 0 Å². The van der Waals surface area contributed by atoms with Gasteiger partial charge in [0.2, 0.25) is 0 Å². The highest BCUT2D eigenvalue weighted by atomic mass is 19.1. The Morgan fingerprint density at radius 3 is 2.62 bits per heavy atom. The summed E-state index contributed by atoms with van der Waals surface area (Å²) >= 11 is 0. The summed E-state index contributed by atoms with van der Waals surface area (Å²) in [6, 6.07) is 6.85. The quantitative estimate of drug-likeness (QED) is 0.824. The number of benzene rings is 1. The van der Waals surface area contributed by atoms with Gasteiger partial charge >= 0.3 is 0 Å². The van der Waals surface area contributed by atoms with Crippen molar-refractivity contribution in [3.8, 4) is 0 Å². The third-order valence-corrected chi connectivity index (χ3v) is 4.95. The molecule has 0 bridgehead atoms. The van der Waals surface area contributed by atoms with Gasteiger partial charge in [-0.1, -0.05) is 32.4 Å². The van der Waals surface area contributed by atoms with E-state index in [1.54, 1.807) is 12.1 Å². The zero-order valence-electron chi connectivity index (χ0n) is 13.2. The van der Waals surface area contributed by atoms with Crippen LogP contribution in [0.2, 0.25) is 0 Å². The molecule has 1 unspecified atom stereocenters. The second-order valence-corrected chi connectivity index (χ2v) is 6.47. The molecule has 1 aromatic rings. The van der Waals surface area contributed by atoms with Gasteiger partial charge in [0.15, 0.2) is 0 Å². The van der Waals surface area contributed by atoms with E-state index in [-0.39, 0.29) is 11.9 Å². The van der Waals surface area contributed by atoms with Gasteiger partial charge < -0.3 is 10.4 Å². The first-order chi connectivity index (χ1) is 10.1. The maximum absolute atomic E-state index is 13.3. The molecule has 1 fully saturated rings. The van der Waals surface area contributed by atoms with Crippen LogP contribution in [0.15, 0.2) is 24.3 Å². The van der Waals surface area contributed by atoms with Gasteiger partial charge in [0.05, 0.1) is 5.60 Å². The van der Waals surface area contributed by atoms with Crippen molar-refractivity contribution in [3.63, 3.8) is 0 Å². The van der Waals surface area contributed by atoms with Gasteiger partial charge in [0, 0.05) is 12.6 Å². The number of nitrogens with one attached hydrogen (secondary N) is 1. The Hall–Kier alpha value is -0.930. The predicted molar refractivity (Wildman–Crippen MR) is 84.6 cm³/mol. The van der Waals surface area contributed by atoms with Gasteiger partial charge in [0.25, 0.3) is 0 Å². The standard InChI is InChI=1S/C18H28FNO/c1-3-14-8-10-18(21,11-9-14)13-20-17(4-2)15-6-5-7-16(19)12-15/h5-7,12,14,17,20-21H,3-4,8-11,13H2,1-2H3. The molecule has 21 heavy (non-hydrogen) atoms. The minimum atomic E-state index is -0.591. The highest BCUT2D eigenvalue weighted by Gasteiger charge is 2.32. The fourth-order valence-electron chi connectivity index (χ4n) is 3.33. The third kappa shape index (κ3) is 4.52. The van der Waals surface area contributed by atoms with Crippen LogP contribution in [0, 0.1) is 11.7 Å². The molecule has 1 aromatic carbocycles. The van der Waals surface area contributed by atoms with E-state index in [2.05, 4.69) is 19.2 Å². The maximum Gasteiger partial charge on any atom is 0.123 e. The van der Waals surface area contributed by atoms with Gasteiger partial charge in [0.1, 0.15) is 5.82 Å². The van der Waals surface area contributed by atoms with Gasteiger partial charge in [-0.3, -0.25) is 0 Å². The van der Waals surface area contributed by atoms with Crippen molar-refractivity contribution in [3.05, 3.63) is 35.6 Å². The van der Waals surface area contributed by atoms with Crippen LogP contribution in [-0.4, -0.2) is 17.3 Å². The summed E-state index contributed by atoms with van der Waals surface area (Å²) in [7, 11) is 0. The molecule has 1 atom stereocenters. The number of rotatable bonds is 6. The van der Waals surface area contributed by atoms with Crippen LogP contribution in [0.4, 0.5) is 4.39 Å². The molecule has 0 radical (unpaired) electrons. The zero-order valence-corrected chi connectivity index (χ0v) is 13.2. The van der Waals surface area contributed by atoms with E-state index in [4.69, 9.17) is 0 Å². The summed E-state index contributed by atoms with van der Waals surface area (Å²) in [6.45, 7) is 4.91. The van der Waals surface area contributed by atoms with E-state index in [1.165, 1.54) is 12.5 Å². The number of aliphatic hydroxyl groups is 1. The van der Waals surface area contributed by atoms with E-state index in [0.717, 1.165) is 43.6 Å². The van der Waals surface area contributed by atoms with Crippen molar-refractivity contribution >= 4 is 0 Å². The summed E-state index contributed by atoms with van der Waals surface area (Å²) in [4.78, 5) is 0. The predicted octanol–water partition coefficient (Wildman–Crippen LogP) is 4.20. The Morgan fingerprint density at radius 2 is 2.05 bits per heavy atom. The lowest BCUT2D eigenvalue weighted by atomic mass is 9.77. The highest BCUT2D eigenvalue weighted by molar-refractivity contribution is 5.20. The lowest BCUT2D eigenvalue weighted by molar-refractivity contribution is -0.0108. The molecule has 3 heteroatoms. The molecule has 1 aliphatic rings. The first-order valence-electron chi connectivity index (χ1n) is 8.27. The van der Waals surface area contributed by atoms with Crippen LogP contribution in [-0.2, 0) is 0 Å². The van der Waals surface area contributed by atoms with Crippen molar-refractivity contribution < 1.29 is 9.50 Å². The Morgan fingerprint density at radius 1 is 1.33 bits per heavy atom. The number of hydrogen-bond donors (Lipinski definition) is 2. The number of hydrogen-bond acceptors (Lipinski definition) is 2. The Labute approximate surface area is 127 Å². The molecule has 1 saturated carbocycles. The average molecular weight is 293 g/mol. The largest absolute Gasteiger partial charge is 0.389 e. The molecule has 0 amide bonds. The summed E-state index contributed by atoms with van der Waals surface area (Å²) in [6.07, 6.45) is 6.08. The monoisotopic (exact) mass is 293 g/mol. The van der Waals surface area contributed by atoms with Crippen molar-refractivity contribution in [2.45, 2.75) is 64.0 Å². The lowest BCUT2D eigenvalue weighted by Crippen LogP contribution is -2.44. The normalized spacial score (nSPS) is 27.5. The second-order valence-electron chi connectivity index (χ2n) is 6.47. The molecule has 0 aromatic heterocycles. The molecule has 0 heterocycles. The minimum Gasteiger partial charge on any atom is -0.389 e. The zero-order chi connectivity index (χ0) is 15.3. The first-order valence-corrected chi connectivity index (χ1v) is 8.27. The number of halogens is 1. The van der Waals surface area contributed by atoms with Gasteiger partial charge in [-0.2, -0.15) is 0 Å². The van der Waals surface area contributed by atoms with Gasteiger partial charge in [-0.25, -0.2) is 4.39 Å². The molecule has 1 aliphatic carbocycles. The van der Waals surface area contributed by atoms with Crippen molar-refractivity contribution in [1.29, 1.82) is 0 Å². The molecular weight excluding hydrogens is 265 g/mol. The summed E-state index contributed by atoms with van der Waals surface area (Å²) in [5, 5.41) is 14.1. The van der Waals surface area contributed by atoms with Crippen molar-refractivity contribution in [1.82, 2.24) is 5.32 Å². The van der Waals surface area contributed by atoms with Crippen molar-refractivity contribution in [2.24, 2.45) is 5.92 Å². The molecule has 2 nitrogen and oxygen atoms in total. The minimum absolute atomic E-state index is 0.105.